The third kappa shape index (κ3) is 4.63. The summed E-state index contributed by atoms with van der Waals surface area (Å²) < 4.78 is 0. The third-order valence-electron chi connectivity index (χ3n) is 7.89. The number of likely N-dealkylation sites (tertiary alicyclic amines) is 1. The fourth-order valence-corrected chi connectivity index (χ4v) is 5.90. The number of carbonyl (C=O) groups excluding carboxylic acids is 1. The Balaban J connectivity index is 1.25. The van der Waals surface area contributed by atoms with E-state index >= 15 is 0 Å². The van der Waals surface area contributed by atoms with Crippen molar-refractivity contribution in [1.82, 2.24) is 19.7 Å². The van der Waals surface area contributed by atoms with Crippen molar-refractivity contribution in [2.24, 2.45) is 0 Å². The molecule has 0 atom stereocenters. The monoisotopic (exact) mass is 466 g/mol. The number of allylic oxidation sites excluding steroid dienone is 1. The van der Waals surface area contributed by atoms with Gasteiger partial charge in [-0.15, -0.1) is 0 Å². The fraction of sp³-hybridized carbons (Fsp3) is 0.400. The number of rotatable bonds is 5. The molecule has 1 aromatic heterocycles. The highest BCUT2D eigenvalue weighted by atomic mass is 16.2. The van der Waals surface area contributed by atoms with E-state index in [1.54, 1.807) is 0 Å². The molecule has 1 amide bonds. The predicted octanol–water partition coefficient (Wildman–Crippen LogP) is 4.58. The second-order valence-electron chi connectivity index (χ2n) is 10.1. The Labute approximate surface area is 208 Å². The smallest absolute Gasteiger partial charge is 0.254 e. The maximum absolute atomic E-state index is 14.0. The molecule has 5 nitrogen and oxygen atoms in total. The van der Waals surface area contributed by atoms with Crippen molar-refractivity contribution < 1.29 is 4.79 Å². The van der Waals surface area contributed by atoms with Crippen LogP contribution in [0.15, 0.2) is 54.6 Å². The van der Waals surface area contributed by atoms with Crippen molar-refractivity contribution in [2.45, 2.75) is 25.7 Å². The van der Waals surface area contributed by atoms with Crippen LogP contribution in [0.4, 0.5) is 0 Å². The molecule has 6 rings (SSSR count). The number of pyridine rings is 1. The number of hydrogen-bond acceptors (Lipinski definition) is 4. The number of benzene rings is 2. The van der Waals surface area contributed by atoms with E-state index in [1.165, 1.54) is 37.1 Å². The van der Waals surface area contributed by atoms with Gasteiger partial charge in [0, 0.05) is 44.7 Å². The molecule has 2 aromatic carbocycles. The molecular weight excluding hydrogens is 432 g/mol. The average molecular weight is 467 g/mol. The first-order chi connectivity index (χ1) is 17.3. The van der Waals surface area contributed by atoms with Crippen molar-refractivity contribution in [1.29, 1.82) is 0 Å². The van der Waals surface area contributed by atoms with Crippen LogP contribution in [0.2, 0.25) is 0 Å². The van der Waals surface area contributed by atoms with Crippen LogP contribution >= 0.6 is 0 Å². The highest BCUT2D eigenvalue weighted by molar-refractivity contribution is 6.09. The van der Waals surface area contributed by atoms with E-state index in [4.69, 9.17) is 4.98 Å². The molecule has 2 fully saturated rings. The van der Waals surface area contributed by atoms with Crippen LogP contribution in [0, 0.1) is 0 Å². The number of aromatic nitrogens is 1. The van der Waals surface area contributed by atoms with Crippen LogP contribution < -0.4 is 0 Å². The lowest BCUT2D eigenvalue weighted by molar-refractivity contribution is 0.0627. The summed E-state index contributed by atoms with van der Waals surface area (Å²) in [5.74, 6) is 0.181. The van der Waals surface area contributed by atoms with Crippen LogP contribution in [0.1, 0.15) is 46.4 Å². The Morgan fingerprint density at radius 2 is 1.49 bits per heavy atom. The Morgan fingerprint density at radius 1 is 0.800 bits per heavy atom. The van der Waals surface area contributed by atoms with Crippen LogP contribution in [0.5, 0.6) is 0 Å². The molecule has 0 bridgehead atoms. The standard InChI is InChI=1S/C30H34N4O/c35-30(34-20-18-33(19-21-34)17-16-32-14-6-7-15-32)28-25-10-4-5-11-27(25)31-29-24(12-13-26(28)29)22-23-8-2-1-3-9-23/h1-5,8-11,22H,6-7,12-21H2/b24-22-. The lowest BCUT2D eigenvalue weighted by atomic mass is 9.99. The van der Waals surface area contributed by atoms with E-state index in [9.17, 15) is 4.79 Å². The van der Waals surface area contributed by atoms with Gasteiger partial charge in [0.25, 0.3) is 5.91 Å². The molecule has 2 saturated heterocycles. The molecule has 0 spiro atoms. The van der Waals surface area contributed by atoms with Gasteiger partial charge in [0.2, 0.25) is 0 Å². The van der Waals surface area contributed by atoms with Gasteiger partial charge >= 0.3 is 0 Å². The zero-order valence-corrected chi connectivity index (χ0v) is 20.5. The number of fused-ring (bicyclic) bond motifs is 2. The topological polar surface area (TPSA) is 39.7 Å². The minimum Gasteiger partial charge on any atom is -0.336 e. The summed E-state index contributed by atoms with van der Waals surface area (Å²) in [7, 11) is 0. The third-order valence-corrected chi connectivity index (χ3v) is 7.89. The van der Waals surface area contributed by atoms with Crippen LogP contribution in [0.3, 0.4) is 0 Å². The van der Waals surface area contributed by atoms with Gasteiger partial charge in [0.05, 0.1) is 16.8 Å². The van der Waals surface area contributed by atoms with Gasteiger partial charge in [-0.2, -0.15) is 0 Å². The number of nitrogens with zero attached hydrogens (tertiary/aromatic N) is 4. The number of amides is 1. The zero-order valence-electron chi connectivity index (χ0n) is 20.5. The molecule has 1 aliphatic carbocycles. The molecule has 0 unspecified atom stereocenters. The lowest BCUT2D eigenvalue weighted by Crippen LogP contribution is -2.50. The summed E-state index contributed by atoms with van der Waals surface area (Å²) in [4.78, 5) is 26.2. The van der Waals surface area contributed by atoms with Crippen molar-refractivity contribution >= 4 is 28.5 Å². The maximum Gasteiger partial charge on any atom is 0.254 e. The van der Waals surface area contributed by atoms with E-state index in [1.807, 2.05) is 24.3 Å². The van der Waals surface area contributed by atoms with Gasteiger partial charge in [0.1, 0.15) is 0 Å². The Kier molecular flexibility index (Phi) is 6.36. The van der Waals surface area contributed by atoms with E-state index in [0.29, 0.717) is 0 Å². The molecule has 35 heavy (non-hydrogen) atoms. The highest BCUT2D eigenvalue weighted by Crippen LogP contribution is 2.38. The number of piperazine rings is 1. The molecule has 0 radical (unpaired) electrons. The first kappa shape index (κ1) is 22.4. The van der Waals surface area contributed by atoms with Crippen LogP contribution in [0.25, 0.3) is 22.6 Å². The zero-order chi connectivity index (χ0) is 23.6. The van der Waals surface area contributed by atoms with Crippen molar-refractivity contribution in [2.75, 3.05) is 52.4 Å². The van der Waals surface area contributed by atoms with E-state index in [-0.39, 0.29) is 5.91 Å². The summed E-state index contributed by atoms with van der Waals surface area (Å²) >= 11 is 0. The quantitative estimate of drug-likeness (QED) is 0.552. The maximum atomic E-state index is 14.0. The van der Waals surface area contributed by atoms with E-state index in [0.717, 1.165) is 79.8 Å². The first-order valence-electron chi connectivity index (χ1n) is 13.2. The highest BCUT2D eigenvalue weighted by Gasteiger charge is 2.30. The molecule has 0 saturated carbocycles. The van der Waals surface area contributed by atoms with Crippen molar-refractivity contribution in [3.8, 4) is 0 Å². The molecule has 180 valence electrons. The molecule has 0 N–H and O–H groups in total. The number of carbonyl (C=O) groups is 1. The van der Waals surface area contributed by atoms with E-state index in [2.05, 4.69) is 51.1 Å². The van der Waals surface area contributed by atoms with Crippen LogP contribution in [-0.2, 0) is 6.42 Å². The number of hydrogen-bond donors (Lipinski definition) is 0. The second kappa shape index (κ2) is 9.92. The first-order valence-corrected chi connectivity index (χ1v) is 13.2. The Hall–Kier alpha value is -3.02. The minimum atomic E-state index is 0.181. The Morgan fingerprint density at radius 3 is 2.26 bits per heavy atom. The second-order valence-corrected chi connectivity index (χ2v) is 10.1. The summed E-state index contributed by atoms with van der Waals surface area (Å²) in [6.07, 6.45) is 6.73. The molecule has 5 heteroatoms. The van der Waals surface area contributed by atoms with Gasteiger partial charge in [-0.05, 0) is 67.6 Å². The van der Waals surface area contributed by atoms with Gasteiger partial charge < -0.3 is 9.80 Å². The van der Waals surface area contributed by atoms with Crippen molar-refractivity contribution in [3.05, 3.63) is 77.0 Å². The van der Waals surface area contributed by atoms with Crippen LogP contribution in [-0.4, -0.2) is 77.9 Å². The largest absolute Gasteiger partial charge is 0.336 e. The fourth-order valence-electron chi connectivity index (χ4n) is 5.90. The summed E-state index contributed by atoms with van der Waals surface area (Å²) in [5.41, 5.74) is 6.36. The molecule has 2 aliphatic heterocycles. The average Bonchev–Trinajstić information content (AvgIpc) is 3.57. The Bertz CT molecular complexity index is 1240. The normalized spacial score (nSPS) is 20.1. The summed E-state index contributed by atoms with van der Waals surface area (Å²) in [5, 5.41) is 0.994. The summed E-state index contributed by atoms with van der Waals surface area (Å²) in [6, 6.07) is 18.6. The SMILES string of the molecule is O=C(c1c2c(nc3ccccc13)/C(=C\c1ccccc1)CC2)N1CCN(CCN2CCCC2)CC1. The molecule has 3 aromatic rings. The predicted molar refractivity (Wildman–Crippen MR) is 142 cm³/mol. The molecule has 3 aliphatic rings. The minimum absolute atomic E-state index is 0.181. The van der Waals surface area contributed by atoms with Gasteiger partial charge in [-0.3, -0.25) is 9.69 Å². The van der Waals surface area contributed by atoms with E-state index < -0.39 is 0 Å². The molecular formula is C30H34N4O. The van der Waals surface area contributed by atoms with Gasteiger partial charge in [-0.25, -0.2) is 4.98 Å². The number of para-hydroxylation sites is 1. The van der Waals surface area contributed by atoms with Gasteiger partial charge in [-0.1, -0.05) is 48.5 Å². The lowest BCUT2D eigenvalue weighted by Gasteiger charge is -2.36. The van der Waals surface area contributed by atoms with Gasteiger partial charge in [0.15, 0.2) is 0 Å². The van der Waals surface area contributed by atoms with Crippen molar-refractivity contribution in [3.63, 3.8) is 0 Å². The molecule has 3 heterocycles. The summed E-state index contributed by atoms with van der Waals surface area (Å²) in [6.45, 7) is 8.30.